The Morgan fingerprint density at radius 2 is 1.74 bits per heavy atom. The first-order valence-electron chi connectivity index (χ1n) is 11.5. The molecule has 0 radical (unpaired) electrons. The molecule has 8 nitrogen and oxygen atoms in total. The molecule has 35 heavy (non-hydrogen) atoms. The van der Waals surface area contributed by atoms with Crippen LogP contribution in [0.5, 0.6) is 23.0 Å². The van der Waals surface area contributed by atoms with Gasteiger partial charge in [0, 0.05) is 17.8 Å². The minimum atomic E-state index is -0.286. The normalized spacial score (nSPS) is 13.7. The standard InChI is InChI=1S/C27H26N2O6/c1-18-4-8-21(9-5-18)32-13-3-2-12-29-22-15-20(7-11-23(22)33-16-26(29)30)28-27(31)19-6-10-24-25(14-19)35-17-34-24/h4-11,14-15H,2-3,12-13,16-17H2,1H3,(H,28,31). The van der Waals surface area contributed by atoms with E-state index in [4.69, 9.17) is 18.9 Å². The Labute approximate surface area is 203 Å². The monoisotopic (exact) mass is 474 g/mol. The van der Waals surface area contributed by atoms with Gasteiger partial charge in [-0.25, -0.2) is 0 Å². The lowest BCUT2D eigenvalue weighted by atomic mass is 10.1. The van der Waals surface area contributed by atoms with Gasteiger partial charge in [0.05, 0.1) is 12.3 Å². The van der Waals surface area contributed by atoms with E-state index in [0.29, 0.717) is 47.3 Å². The number of carbonyl (C=O) groups excluding carboxylic acids is 2. The van der Waals surface area contributed by atoms with Crippen LogP contribution in [0.15, 0.2) is 60.7 Å². The Bertz CT molecular complexity index is 1240. The molecular weight excluding hydrogens is 448 g/mol. The Morgan fingerprint density at radius 3 is 2.60 bits per heavy atom. The van der Waals surface area contributed by atoms with Crippen molar-refractivity contribution in [3.63, 3.8) is 0 Å². The number of aryl methyl sites for hydroxylation is 1. The molecule has 1 N–H and O–H groups in total. The second-order valence-corrected chi connectivity index (χ2v) is 8.41. The van der Waals surface area contributed by atoms with E-state index >= 15 is 0 Å². The Hall–Kier alpha value is -4.20. The first-order chi connectivity index (χ1) is 17.1. The highest BCUT2D eigenvalue weighted by atomic mass is 16.7. The van der Waals surface area contributed by atoms with Gasteiger partial charge in [-0.05, 0) is 68.3 Å². The van der Waals surface area contributed by atoms with E-state index in [2.05, 4.69) is 5.32 Å². The minimum Gasteiger partial charge on any atom is -0.494 e. The third-order valence-corrected chi connectivity index (χ3v) is 5.86. The number of nitrogens with one attached hydrogen (secondary N) is 1. The molecule has 5 rings (SSSR count). The van der Waals surface area contributed by atoms with Crippen molar-refractivity contribution in [2.24, 2.45) is 0 Å². The number of nitrogens with zero attached hydrogens (tertiary/aromatic N) is 1. The van der Waals surface area contributed by atoms with E-state index in [-0.39, 0.29) is 25.2 Å². The maximum atomic E-state index is 12.8. The fourth-order valence-corrected chi connectivity index (χ4v) is 3.96. The lowest BCUT2D eigenvalue weighted by Gasteiger charge is -2.30. The molecule has 0 spiro atoms. The number of rotatable bonds is 8. The average Bonchev–Trinajstić information content (AvgIpc) is 3.34. The lowest BCUT2D eigenvalue weighted by Crippen LogP contribution is -2.39. The van der Waals surface area contributed by atoms with Gasteiger partial charge in [-0.1, -0.05) is 17.7 Å². The van der Waals surface area contributed by atoms with Crippen molar-refractivity contribution in [2.45, 2.75) is 19.8 Å². The quantitative estimate of drug-likeness (QED) is 0.482. The predicted molar refractivity (Wildman–Crippen MR) is 131 cm³/mol. The van der Waals surface area contributed by atoms with Crippen LogP contribution in [0.25, 0.3) is 0 Å². The van der Waals surface area contributed by atoms with Crippen molar-refractivity contribution in [3.8, 4) is 23.0 Å². The van der Waals surface area contributed by atoms with E-state index < -0.39 is 0 Å². The van der Waals surface area contributed by atoms with Crippen LogP contribution in [0.4, 0.5) is 11.4 Å². The van der Waals surface area contributed by atoms with Gasteiger partial charge in [0.25, 0.3) is 11.8 Å². The molecule has 0 aliphatic carbocycles. The number of hydrogen-bond donors (Lipinski definition) is 1. The molecule has 180 valence electrons. The summed E-state index contributed by atoms with van der Waals surface area (Å²) >= 11 is 0. The van der Waals surface area contributed by atoms with Crippen molar-refractivity contribution in [3.05, 3.63) is 71.8 Å². The zero-order chi connectivity index (χ0) is 24.2. The zero-order valence-corrected chi connectivity index (χ0v) is 19.4. The molecule has 3 aromatic rings. The highest BCUT2D eigenvalue weighted by Crippen LogP contribution is 2.36. The third kappa shape index (κ3) is 5.16. The van der Waals surface area contributed by atoms with Crippen molar-refractivity contribution in [1.82, 2.24) is 0 Å². The van der Waals surface area contributed by atoms with Crippen molar-refractivity contribution in [1.29, 1.82) is 0 Å². The van der Waals surface area contributed by atoms with Gasteiger partial charge < -0.3 is 29.2 Å². The van der Waals surface area contributed by atoms with Crippen LogP contribution >= 0.6 is 0 Å². The molecule has 3 aromatic carbocycles. The van der Waals surface area contributed by atoms with Gasteiger partial charge in [-0.2, -0.15) is 0 Å². The van der Waals surface area contributed by atoms with E-state index in [0.717, 1.165) is 18.6 Å². The molecule has 0 saturated carbocycles. The molecule has 2 heterocycles. The van der Waals surface area contributed by atoms with Crippen LogP contribution in [-0.2, 0) is 4.79 Å². The first kappa shape index (κ1) is 22.6. The maximum Gasteiger partial charge on any atom is 0.265 e. The molecule has 2 amide bonds. The summed E-state index contributed by atoms with van der Waals surface area (Å²) in [5.41, 5.74) is 2.85. The smallest absolute Gasteiger partial charge is 0.265 e. The third-order valence-electron chi connectivity index (χ3n) is 5.86. The Morgan fingerprint density at radius 1 is 0.943 bits per heavy atom. The number of carbonyl (C=O) groups is 2. The summed E-state index contributed by atoms with van der Waals surface area (Å²) in [6, 6.07) is 18.3. The van der Waals surface area contributed by atoms with E-state index in [1.54, 1.807) is 41.3 Å². The van der Waals surface area contributed by atoms with Crippen molar-refractivity contribution in [2.75, 3.05) is 36.8 Å². The van der Waals surface area contributed by atoms with Gasteiger partial charge in [-0.3, -0.25) is 9.59 Å². The van der Waals surface area contributed by atoms with Gasteiger partial charge in [-0.15, -0.1) is 0 Å². The summed E-state index contributed by atoms with van der Waals surface area (Å²) in [5, 5.41) is 2.88. The molecule has 2 aliphatic rings. The SMILES string of the molecule is Cc1ccc(OCCCCN2C(=O)COc3ccc(NC(=O)c4ccc5c(c4)OCO5)cc32)cc1. The molecule has 0 saturated heterocycles. The van der Waals surface area contributed by atoms with Crippen LogP contribution in [-0.4, -0.2) is 38.4 Å². The highest BCUT2D eigenvalue weighted by molar-refractivity contribution is 6.05. The molecule has 0 unspecified atom stereocenters. The van der Waals surface area contributed by atoms with Crippen LogP contribution in [0.1, 0.15) is 28.8 Å². The van der Waals surface area contributed by atoms with Crippen LogP contribution < -0.4 is 29.2 Å². The topological polar surface area (TPSA) is 86.3 Å². The summed E-state index contributed by atoms with van der Waals surface area (Å²) in [6.45, 7) is 3.28. The van der Waals surface area contributed by atoms with Crippen LogP contribution in [0, 0.1) is 6.92 Å². The Kier molecular flexibility index (Phi) is 6.43. The average molecular weight is 475 g/mol. The van der Waals surface area contributed by atoms with Crippen molar-refractivity contribution >= 4 is 23.2 Å². The van der Waals surface area contributed by atoms with Crippen LogP contribution in [0.2, 0.25) is 0 Å². The number of ether oxygens (including phenoxy) is 4. The minimum absolute atomic E-state index is 0.00420. The first-order valence-corrected chi connectivity index (χ1v) is 11.5. The number of unbranched alkanes of at least 4 members (excludes halogenated alkanes) is 1. The molecule has 2 aliphatic heterocycles. The summed E-state index contributed by atoms with van der Waals surface area (Å²) < 4.78 is 22.0. The number of benzene rings is 3. The zero-order valence-electron chi connectivity index (χ0n) is 19.4. The van der Waals surface area contributed by atoms with E-state index in [9.17, 15) is 9.59 Å². The van der Waals surface area contributed by atoms with Crippen molar-refractivity contribution < 1.29 is 28.5 Å². The van der Waals surface area contributed by atoms with E-state index in [1.165, 1.54) is 5.56 Å². The fourth-order valence-electron chi connectivity index (χ4n) is 3.96. The molecular formula is C27H26N2O6. The van der Waals surface area contributed by atoms with Gasteiger partial charge in [0.1, 0.15) is 11.5 Å². The van der Waals surface area contributed by atoms with Gasteiger partial charge in [0.15, 0.2) is 18.1 Å². The highest BCUT2D eigenvalue weighted by Gasteiger charge is 2.26. The van der Waals surface area contributed by atoms with Crippen LogP contribution in [0.3, 0.4) is 0 Å². The van der Waals surface area contributed by atoms with Gasteiger partial charge >= 0.3 is 0 Å². The molecule has 0 aromatic heterocycles. The van der Waals surface area contributed by atoms with Gasteiger partial charge in [0.2, 0.25) is 6.79 Å². The summed E-state index contributed by atoms with van der Waals surface area (Å²) in [5.74, 6) is 2.21. The second kappa shape index (κ2) is 9.97. The second-order valence-electron chi connectivity index (χ2n) is 8.41. The largest absolute Gasteiger partial charge is 0.494 e. The maximum absolute atomic E-state index is 12.8. The number of hydrogen-bond acceptors (Lipinski definition) is 6. The number of fused-ring (bicyclic) bond motifs is 2. The summed E-state index contributed by atoms with van der Waals surface area (Å²) in [6.07, 6.45) is 1.57. The Balaban J connectivity index is 1.20. The number of amides is 2. The molecule has 0 bridgehead atoms. The summed E-state index contributed by atoms with van der Waals surface area (Å²) in [7, 11) is 0. The van der Waals surface area contributed by atoms with E-state index in [1.807, 2.05) is 31.2 Å². The molecule has 8 heteroatoms. The molecule has 0 fully saturated rings. The molecule has 0 atom stereocenters. The summed E-state index contributed by atoms with van der Waals surface area (Å²) in [4.78, 5) is 27.1. The number of anilines is 2. The fraction of sp³-hybridized carbons (Fsp3) is 0.259. The predicted octanol–water partition coefficient (Wildman–Crippen LogP) is 4.56. The lowest BCUT2D eigenvalue weighted by molar-refractivity contribution is -0.121.